The molecule has 2 aromatic rings. The van der Waals surface area contributed by atoms with E-state index in [1.807, 2.05) is 0 Å². The molecule has 0 radical (unpaired) electrons. The van der Waals surface area contributed by atoms with Crippen LogP contribution in [-0.4, -0.2) is 6.54 Å². The van der Waals surface area contributed by atoms with Crippen LogP contribution in [-0.2, 0) is 6.54 Å². The number of benzene rings is 2. The molecule has 0 unspecified atom stereocenters. The maximum atomic E-state index is 3.63. The maximum Gasteiger partial charge on any atom is 0.0217 e. The molecule has 1 aliphatic carbocycles. The molecular formula is C21H25N. The zero-order chi connectivity index (χ0) is 15.4. The standard InChI is InChI=1S/C21H25N/c1-3-4-13-22-15-21-19-8-6-5-7-17(19)11-12-20(21)18-10-9-16(2)14-18/h5-9,11-12,14,22H,3-4,10,13,15H2,1-2H3. The summed E-state index contributed by atoms with van der Waals surface area (Å²) in [5, 5.41) is 6.34. The van der Waals surface area contributed by atoms with E-state index in [0.29, 0.717) is 0 Å². The molecule has 0 saturated heterocycles. The van der Waals surface area contributed by atoms with Crippen molar-refractivity contribution in [2.75, 3.05) is 6.54 Å². The minimum atomic E-state index is 0.951. The fourth-order valence-corrected chi connectivity index (χ4v) is 3.19. The third-order valence-electron chi connectivity index (χ3n) is 4.44. The molecule has 1 heteroatoms. The fourth-order valence-electron chi connectivity index (χ4n) is 3.19. The fraction of sp³-hybridized carbons (Fsp3) is 0.333. The van der Waals surface area contributed by atoms with Gasteiger partial charge in [0.1, 0.15) is 0 Å². The molecule has 0 saturated carbocycles. The zero-order valence-corrected chi connectivity index (χ0v) is 13.7. The Kier molecular flexibility index (Phi) is 4.74. The highest BCUT2D eigenvalue weighted by Crippen LogP contribution is 2.33. The molecule has 0 heterocycles. The van der Waals surface area contributed by atoms with Crippen molar-refractivity contribution >= 4 is 16.3 Å². The van der Waals surface area contributed by atoms with Gasteiger partial charge in [0.15, 0.2) is 0 Å². The largest absolute Gasteiger partial charge is 0.313 e. The van der Waals surface area contributed by atoms with E-state index in [4.69, 9.17) is 0 Å². The Hall–Kier alpha value is -1.86. The second-order valence-electron chi connectivity index (χ2n) is 6.16. The molecule has 114 valence electrons. The van der Waals surface area contributed by atoms with Gasteiger partial charge in [-0.15, -0.1) is 0 Å². The van der Waals surface area contributed by atoms with Crippen molar-refractivity contribution in [1.82, 2.24) is 5.32 Å². The Labute approximate surface area is 133 Å². The summed E-state index contributed by atoms with van der Waals surface area (Å²) in [4.78, 5) is 0. The number of nitrogens with one attached hydrogen (secondary N) is 1. The second-order valence-corrected chi connectivity index (χ2v) is 6.16. The summed E-state index contributed by atoms with van der Waals surface area (Å²) in [6.45, 7) is 6.47. The Morgan fingerprint density at radius 3 is 2.73 bits per heavy atom. The van der Waals surface area contributed by atoms with E-state index in [1.165, 1.54) is 45.9 Å². The van der Waals surface area contributed by atoms with Crippen LogP contribution in [0.25, 0.3) is 16.3 Å². The highest BCUT2D eigenvalue weighted by atomic mass is 14.8. The summed E-state index contributed by atoms with van der Waals surface area (Å²) in [6, 6.07) is 13.3. The van der Waals surface area contributed by atoms with E-state index in [1.54, 1.807) is 0 Å². The van der Waals surface area contributed by atoms with Gasteiger partial charge in [0.2, 0.25) is 0 Å². The Morgan fingerprint density at radius 1 is 1.09 bits per heavy atom. The van der Waals surface area contributed by atoms with Crippen LogP contribution in [0.5, 0.6) is 0 Å². The Balaban J connectivity index is 1.98. The van der Waals surface area contributed by atoms with Gasteiger partial charge in [-0.1, -0.05) is 67.5 Å². The molecule has 0 atom stereocenters. The van der Waals surface area contributed by atoms with E-state index in [-0.39, 0.29) is 0 Å². The van der Waals surface area contributed by atoms with Gasteiger partial charge in [-0.2, -0.15) is 0 Å². The molecule has 2 aromatic carbocycles. The first kappa shape index (κ1) is 15.1. The van der Waals surface area contributed by atoms with Gasteiger partial charge in [-0.25, -0.2) is 0 Å². The van der Waals surface area contributed by atoms with Crippen LogP contribution < -0.4 is 5.32 Å². The van der Waals surface area contributed by atoms with Gasteiger partial charge in [0, 0.05) is 6.54 Å². The molecule has 0 bridgehead atoms. The first-order chi connectivity index (χ1) is 10.8. The Morgan fingerprint density at radius 2 is 1.95 bits per heavy atom. The summed E-state index contributed by atoms with van der Waals surface area (Å²) >= 11 is 0. The van der Waals surface area contributed by atoms with Crippen LogP contribution in [0, 0.1) is 0 Å². The third kappa shape index (κ3) is 3.15. The van der Waals surface area contributed by atoms with Gasteiger partial charge in [0.05, 0.1) is 0 Å². The van der Waals surface area contributed by atoms with E-state index >= 15 is 0 Å². The number of fused-ring (bicyclic) bond motifs is 1. The maximum absolute atomic E-state index is 3.63. The molecular weight excluding hydrogens is 266 g/mol. The summed E-state index contributed by atoms with van der Waals surface area (Å²) in [5.74, 6) is 0. The lowest BCUT2D eigenvalue weighted by Gasteiger charge is -2.15. The molecule has 0 fully saturated rings. The molecule has 0 aromatic heterocycles. The SMILES string of the molecule is CCCCNCc1c(C2=CC(C)=CC2)ccc2ccccc12. The molecule has 0 aliphatic heterocycles. The number of hydrogen-bond donors (Lipinski definition) is 1. The Bertz CT molecular complexity index is 722. The number of hydrogen-bond acceptors (Lipinski definition) is 1. The van der Waals surface area contributed by atoms with Crippen molar-refractivity contribution in [2.24, 2.45) is 0 Å². The summed E-state index contributed by atoms with van der Waals surface area (Å²) in [7, 11) is 0. The van der Waals surface area contributed by atoms with Gasteiger partial charge in [-0.05, 0) is 53.8 Å². The van der Waals surface area contributed by atoms with Crippen molar-refractivity contribution < 1.29 is 0 Å². The topological polar surface area (TPSA) is 12.0 Å². The minimum Gasteiger partial charge on any atom is -0.313 e. The third-order valence-corrected chi connectivity index (χ3v) is 4.44. The normalized spacial score (nSPS) is 14.3. The lowest BCUT2D eigenvalue weighted by atomic mass is 9.93. The zero-order valence-electron chi connectivity index (χ0n) is 13.7. The van der Waals surface area contributed by atoms with Crippen molar-refractivity contribution in [2.45, 2.75) is 39.7 Å². The molecule has 22 heavy (non-hydrogen) atoms. The minimum absolute atomic E-state index is 0.951. The summed E-state index contributed by atoms with van der Waals surface area (Å²) < 4.78 is 0. The molecule has 3 rings (SSSR count). The quantitative estimate of drug-likeness (QED) is 0.697. The number of allylic oxidation sites excluding steroid dienone is 4. The van der Waals surface area contributed by atoms with Crippen LogP contribution in [0.4, 0.5) is 0 Å². The van der Waals surface area contributed by atoms with E-state index in [2.05, 4.69) is 67.7 Å². The van der Waals surface area contributed by atoms with Gasteiger partial charge in [0.25, 0.3) is 0 Å². The average Bonchev–Trinajstić information content (AvgIpc) is 2.97. The lowest BCUT2D eigenvalue weighted by molar-refractivity contribution is 0.643. The van der Waals surface area contributed by atoms with Crippen LogP contribution in [0.3, 0.4) is 0 Å². The average molecular weight is 291 g/mol. The lowest BCUT2D eigenvalue weighted by Crippen LogP contribution is -2.16. The molecule has 1 aliphatic rings. The van der Waals surface area contributed by atoms with E-state index in [9.17, 15) is 0 Å². The van der Waals surface area contributed by atoms with Crippen molar-refractivity contribution in [3.05, 3.63) is 65.3 Å². The monoisotopic (exact) mass is 291 g/mol. The summed E-state index contributed by atoms with van der Waals surface area (Å²) in [6.07, 6.45) is 8.19. The van der Waals surface area contributed by atoms with Crippen LogP contribution in [0.1, 0.15) is 44.2 Å². The van der Waals surface area contributed by atoms with Crippen molar-refractivity contribution in [3.8, 4) is 0 Å². The highest BCUT2D eigenvalue weighted by molar-refractivity contribution is 5.91. The molecule has 1 nitrogen and oxygen atoms in total. The van der Waals surface area contributed by atoms with Crippen molar-refractivity contribution in [3.63, 3.8) is 0 Å². The first-order valence-electron chi connectivity index (χ1n) is 8.38. The van der Waals surface area contributed by atoms with Crippen LogP contribution >= 0.6 is 0 Å². The van der Waals surface area contributed by atoms with Crippen LogP contribution in [0.2, 0.25) is 0 Å². The molecule has 1 N–H and O–H groups in total. The van der Waals surface area contributed by atoms with Crippen molar-refractivity contribution in [1.29, 1.82) is 0 Å². The van der Waals surface area contributed by atoms with Gasteiger partial charge in [-0.3, -0.25) is 0 Å². The van der Waals surface area contributed by atoms with Gasteiger partial charge >= 0.3 is 0 Å². The van der Waals surface area contributed by atoms with E-state index < -0.39 is 0 Å². The molecule has 0 spiro atoms. The second kappa shape index (κ2) is 6.93. The predicted molar refractivity (Wildman–Crippen MR) is 96.9 cm³/mol. The summed E-state index contributed by atoms with van der Waals surface area (Å²) in [5.41, 5.74) is 5.70. The predicted octanol–water partition coefficient (Wildman–Crippen LogP) is 5.46. The van der Waals surface area contributed by atoms with Gasteiger partial charge < -0.3 is 5.32 Å². The highest BCUT2D eigenvalue weighted by Gasteiger charge is 2.13. The van der Waals surface area contributed by atoms with E-state index in [0.717, 1.165) is 19.5 Å². The first-order valence-corrected chi connectivity index (χ1v) is 8.38. The number of unbranched alkanes of at least 4 members (excludes halogenated alkanes) is 1. The number of rotatable bonds is 6. The smallest absolute Gasteiger partial charge is 0.0217 e. The molecule has 0 amide bonds. The van der Waals surface area contributed by atoms with Crippen LogP contribution in [0.15, 0.2) is 54.1 Å².